The molecule has 0 saturated carbocycles. The van der Waals surface area contributed by atoms with Gasteiger partial charge in [-0.05, 0) is 37.0 Å². The highest BCUT2D eigenvalue weighted by atomic mass is 35.5. The van der Waals surface area contributed by atoms with E-state index in [-0.39, 0.29) is 12.3 Å². The lowest BCUT2D eigenvalue weighted by atomic mass is 9.96. The van der Waals surface area contributed by atoms with E-state index in [1.165, 1.54) is 0 Å². The van der Waals surface area contributed by atoms with Gasteiger partial charge in [0.2, 0.25) is 0 Å². The summed E-state index contributed by atoms with van der Waals surface area (Å²) in [6.45, 7) is 2.52. The van der Waals surface area contributed by atoms with Crippen LogP contribution >= 0.6 is 23.2 Å². The number of carbonyl (C=O) groups excluding carboxylic acids is 1. The molecule has 0 aliphatic rings. The number of carboxylic acids is 1. The van der Waals surface area contributed by atoms with Crippen molar-refractivity contribution in [2.24, 2.45) is 5.92 Å². The van der Waals surface area contributed by atoms with Crippen molar-refractivity contribution in [1.29, 1.82) is 0 Å². The van der Waals surface area contributed by atoms with E-state index in [2.05, 4.69) is 5.32 Å². The number of carbonyl (C=O) groups is 2. The van der Waals surface area contributed by atoms with E-state index < -0.39 is 5.97 Å². The molecule has 2 N–H and O–H groups in total. The zero-order valence-electron chi connectivity index (χ0n) is 11.9. The van der Waals surface area contributed by atoms with Gasteiger partial charge in [0.15, 0.2) is 0 Å². The van der Waals surface area contributed by atoms with E-state index in [1.807, 2.05) is 6.92 Å². The zero-order valence-corrected chi connectivity index (χ0v) is 13.4. The van der Waals surface area contributed by atoms with Crippen LogP contribution in [-0.4, -0.2) is 23.5 Å². The standard InChI is InChI=1S/C15H19Cl2NO3/c1-2-10(3-4-14(19)20)5-6-18-15(21)11-7-12(16)9-13(17)8-11/h7-10H,2-6H2,1H3,(H,18,21)(H,19,20). The van der Waals surface area contributed by atoms with Crippen LogP contribution in [0.15, 0.2) is 18.2 Å². The second kappa shape index (κ2) is 8.90. The van der Waals surface area contributed by atoms with Crippen molar-refractivity contribution in [1.82, 2.24) is 5.32 Å². The van der Waals surface area contributed by atoms with Crippen LogP contribution in [0.25, 0.3) is 0 Å². The van der Waals surface area contributed by atoms with Crippen LogP contribution in [0.3, 0.4) is 0 Å². The van der Waals surface area contributed by atoms with E-state index in [0.29, 0.717) is 34.5 Å². The molecule has 1 amide bonds. The molecule has 0 spiro atoms. The van der Waals surface area contributed by atoms with Crippen LogP contribution in [0.2, 0.25) is 10.0 Å². The number of rotatable bonds is 8. The summed E-state index contributed by atoms with van der Waals surface area (Å²) in [5.74, 6) is -0.720. The van der Waals surface area contributed by atoms with Crippen LogP contribution in [0.5, 0.6) is 0 Å². The smallest absolute Gasteiger partial charge is 0.303 e. The van der Waals surface area contributed by atoms with E-state index in [9.17, 15) is 9.59 Å². The van der Waals surface area contributed by atoms with Crippen molar-refractivity contribution in [3.8, 4) is 0 Å². The predicted octanol–water partition coefficient (Wildman–Crippen LogP) is 4.00. The van der Waals surface area contributed by atoms with Gasteiger partial charge in [-0.1, -0.05) is 36.5 Å². The number of hydrogen-bond donors (Lipinski definition) is 2. The summed E-state index contributed by atoms with van der Waals surface area (Å²) in [4.78, 5) is 22.5. The Morgan fingerprint density at radius 3 is 2.33 bits per heavy atom. The number of benzene rings is 1. The van der Waals surface area contributed by atoms with Crippen molar-refractivity contribution in [2.45, 2.75) is 32.6 Å². The fourth-order valence-corrected chi connectivity index (χ4v) is 2.58. The van der Waals surface area contributed by atoms with Crippen molar-refractivity contribution in [3.63, 3.8) is 0 Å². The molecule has 0 bridgehead atoms. The first-order chi connectivity index (χ1) is 9.92. The van der Waals surface area contributed by atoms with Crippen molar-refractivity contribution < 1.29 is 14.7 Å². The Kier molecular flexibility index (Phi) is 7.54. The molecule has 1 atom stereocenters. The van der Waals surface area contributed by atoms with Gasteiger partial charge in [0, 0.05) is 28.6 Å². The normalized spacial score (nSPS) is 12.0. The molecule has 4 nitrogen and oxygen atoms in total. The third-order valence-corrected chi connectivity index (χ3v) is 3.74. The third-order valence-electron chi connectivity index (χ3n) is 3.31. The highest BCUT2D eigenvalue weighted by Crippen LogP contribution is 2.19. The first-order valence-corrected chi connectivity index (χ1v) is 7.64. The van der Waals surface area contributed by atoms with Gasteiger partial charge in [-0.15, -0.1) is 0 Å². The second-order valence-corrected chi connectivity index (χ2v) is 5.78. The summed E-state index contributed by atoms with van der Waals surface area (Å²) in [6, 6.07) is 4.69. The van der Waals surface area contributed by atoms with Crippen LogP contribution in [0.4, 0.5) is 0 Å². The first-order valence-electron chi connectivity index (χ1n) is 6.88. The molecule has 0 saturated heterocycles. The molecular formula is C15H19Cl2NO3. The van der Waals surface area contributed by atoms with Crippen LogP contribution in [0, 0.1) is 5.92 Å². The summed E-state index contributed by atoms with van der Waals surface area (Å²) in [5, 5.41) is 12.3. The molecule has 0 aliphatic heterocycles. The Balaban J connectivity index is 2.43. The number of amides is 1. The zero-order chi connectivity index (χ0) is 15.8. The number of aliphatic carboxylic acids is 1. The largest absolute Gasteiger partial charge is 0.481 e. The summed E-state index contributed by atoms with van der Waals surface area (Å²) in [7, 11) is 0. The van der Waals surface area contributed by atoms with Gasteiger partial charge in [0.05, 0.1) is 0 Å². The number of halogens is 2. The fourth-order valence-electron chi connectivity index (χ4n) is 2.06. The van der Waals surface area contributed by atoms with Crippen molar-refractivity contribution in [3.05, 3.63) is 33.8 Å². The third kappa shape index (κ3) is 6.82. The Morgan fingerprint density at radius 2 is 1.81 bits per heavy atom. The predicted molar refractivity (Wildman–Crippen MR) is 84.1 cm³/mol. The minimum atomic E-state index is -0.786. The van der Waals surface area contributed by atoms with Crippen molar-refractivity contribution in [2.75, 3.05) is 6.54 Å². The van der Waals surface area contributed by atoms with E-state index in [4.69, 9.17) is 28.3 Å². The quantitative estimate of drug-likeness (QED) is 0.756. The molecule has 6 heteroatoms. The molecule has 0 heterocycles. The molecule has 0 aliphatic carbocycles. The highest BCUT2D eigenvalue weighted by molar-refractivity contribution is 6.35. The average Bonchev–Trinajstić information content (AvgIpc) is 2.41. The van der Waals surface area contributed by atoms with Gasteiger partial charge < -0.3 is 10.4 Å². The molecule has 0 aromatic heterocycles. The summed E-state index contributed by atoms with van der Waals surface area (Å²) < 4.78 is 0. The minimum Gasteiger partial charge on any atom is -0.481 e. The lowest BCUT2D eigenvalue weighted by molar-refractivity contribution is -0.137. The summed E-state index contributed by atoms with van der Waals surface area (Å²) >= 11 is 11.7. The summed E-state index contributed by atoms with van der Waals surface area (Å²) in [6.07, 6.45) is 2.44. The molecule has 0 radical (unpaired) electrons. The van der Waals surface area contributed by atoms with Gasteiger partial charge in [-0.3, -0.25) is 9.59 Å². The molecule has 116 valence electrons. The lowest BCUT2D eigenvalue weighted by Gasteiger charge is -2.14. The van der Waals surface area contributed by atoms with E-state index in [0.717, 1.165) is 12.8 Å². The van der Waals surface area contributed by atoms with E-state index >= 15 is 0 Å². The Bertz CT molecular complexity index is 485. The maximum atomic E-state index is 12.0. The van der Waals surface area contributed by atoms with Crippen LogP contribution < -0.4 is 5.32 Å². The van der Waals surface area contributed by atoms with Gasteiger partial charge in [0.25, 0.3) is 5.91 Å². The number of hydrogen-bond acceptors (Lipinski definition) is 2. The Hall–Kier alpha value is -1.26. The maximum absolute atomic E-state index is 12.0. The highest BCUT2D eigenvalue weighted by Gasteiger charge is 2.11. The molecule has 0 fully saturated rings. The molecule has 1 rings (SSSR count). The Labute approximate surface area is 134 Å². The molecule has 21 heavy (non-hydrogen) atoms. The minimum absolute atomic E-state index is 0.163. The number of carboxylic acid groups (broad SMARTS) is 1. The van der Waals surface area contributed by atoms with Crippen molar-refractivity contribution >= 4 is 35.1 Å². The SMILES string of the molecule is CCC(CCNC(=O)c1cc(Cl)cc(Cl)c1)CCC(=O)O. The topological polar surface area (TPSA) is 66.4 Å². The second-order valence-electron chi connectivity index (χ2n) is 4.91. The van der Waals surface area contributed by atoms with Gasteiger partial charge in [-0.25, -0.2) is 0 Å². The van der Waals surface area contributed by atoms with Crippen LogP contribution in [0.1, 0.15) is 43.0 Å². The van der Waals surface area contributed by atoms with Crippen LogP contribution in [-0.2, 0) is 4.79 Å². The van der Waals surface area contributed by atoms with Gasteiger partial charge in [0.1, 0.15) is 0 Å². The summed E-state index contributed by atoms with van der Waals surface area (Å²) in [5.41, 5.74) is 0.422. The maximum Gasteiger partial charge on any atom is 0.303 e. The molecule has 1 aromatic carbocycles. The average molecular weight is 332 g/mol. The lowest BCUT2D eigenvalue weighted by Crippen LogP contribution is -2.26. The molecule has 1 unspecified atom stereocenters. The first kappa shape index (κ1) is 17.8. The van der Waals surface area contributed by atoms with Gasteiger partial charge in [-0.2, -0.15) is 0 Å². The Morgan fingerprint density at radius 1 is 1.19 bits per heavy atom. The van der Waals surface area contributed by atoms with Gasteiger partial charge >= 0.3 is 5.97 Å². The fraction of sp³-hybridized carbons (Fsp3) is 0.467. The molecule has 1 aromatic rings. The monoisotopic (exact) mass is 331 g/mol. The number of nitrogens with one attached hydrogen (secondary N) is 1. The molecular weight excluding hydrogens is 313 g/mol. The van der Waals surface area contributed by atoms with E-state index in [1.54, 1.807) is 18.2 Å².